The van der Waals surface area contributed by atoms with Crippen molar-refractivity contribution >= 4 is 17.3 Å². The Kier molecular flexibility index (Phi) is 7.40. The van der Waals surface area contributed by atoms with Gasteiger partial charge >= 0.3 is 0 Å². The van der Waals surface area contributed by atoms with E-state index in [1.165, 1.54) is 11.1 Å². The van der Waals surface area contributed by atoms with Crippen LogP contribution >= 0.6 is 12.2 Å². The zero-order chi connectivity index (χ0) is 16.3. The van der Waals surface area contributed by atoms with E-state index in [-0.39, 0.29) is 0 Å². The number of hydrogen-bond donors (Lipinski definition) is 2. The second-order valence-corrected chi connectivity index (χ2v) is 5.65. The summed E-state index contributed by atoms with van der Waals surface area (Å²) in [6.07, 6.45) is 1.91. The highest BCUT2D eigenvalue weighted by Gasteiger charge is 1.98. The minimum Gasteiger partial charge on any atom is -0.494 e. The second-order valence-electron chi connectivity index (χ2n) is 5.25. The molecule has 2 N–H and O–H groups in total. The third-order valence-corrected chi connectivity index (χ3v) is 3.76. The van der Waals surface area contributed by atoms with Crippen LogP contribution in [0.1, 0.15) is 18.1 Å². The Morgan fingerprint density at radius 3 is 2.00 bits per heavy atom. The minimum atomic E-state index is 0.698. The van der Waals surface area contributed by atoms with Crippen molar-refractivity contribution in [2.75, 3.05) is 19.7 Å². The van der Waals surface area contributed by atoms with E-state index in [9.17, 15) is 0 Å². The standard InChI is InChI=1S/C19H24N2OS/c1-2-22-18-10-8-17(9-11-18)13-15-21-19(23)20-14-12-16-6-4-3-5-7-16/h3-11H,2,12-15H2,1H3,(H2,20,21,23). The SMILES string of the molecule is CCOc1ccc(CCNC(=S)NCCc2ccccc2)cc1. The molecule has 0 unspecified atom stereocenters. The lowest BCUT2D eigenvalue weighted by molar-refractivity contribution is 0.340. The molecule has 0 saturated carbocycles. The molecular weight excluding hydrogens is 304 g/mol. The van der Waals surface area contributed by atoms with Crippen molar-refractivity contribution in [2.45, 2.75) is 19.8 Å². The molecule has 4 heteroatoms. The fourth-order valence-corrected chi connectivity index (χ4v) is 2.47. The van der Waals surface area contributed by atoms with Crippen LogP contribution in [0, 0.1) is 0 Å². The van der Waals surface area contributed by atoms with E-state index in [2.05, 4.69) is 47.0 Å². The molecule has 0 saturated heterocycles. The summed E-state index contributed by atoms with van der Waals surface area (Å²) in [5, 5.41) is 7.20. The van der Waals surface area contributed by atoms with Gasteiger partial charge in [0.25, 0.3) is 0 Å². The molecule has 122 valence electrons. The Labute approximate surface area is 144 Å². The number of nitrogens with one attached hydrogen (secondary N) is 2. The summed E-state index contributed by atoms with van der Waals surface area (Å²) >= 11 is 5.30. The van der Waals surface area contributed by atoms with Gasteiger partial charge in [0.15, 0.2) is 5.11 Å². The summed E-state index contributed by atoms with van der Waals surface area (Å²) in [6, 6.07) is 18.6. The van der Waals surface area contributed by atoms with E-state index in [1.807, 2.05) is 25.1 Å². The van der Waals surface area contributed by atoms with Crippen molar-refractivity contribution in [3.63, 3.8) is 0 Å². The molecular formula is C19H24N2OS. The smallest absolute Gasteiger partial charge is 0.166 e. The fraction of sp³-hybridized carbons (Fsp3) is 0.316. The Morgan fingerprint density at radius 2 is 1.43 bits per heavy atom. The summed E-state index contributed by atoms with van der Waals surface area (Å²) in [5.74, 6) is 0.919. The summed E-state index contributed by atoms with van der Waals surface area (Å²) in [7, 11) is 0. The highest BCUT2D eigenvalue weighted by atomic mass is 32.1. The van der Waals surface area contributed by atoms with Gasteiger partial charge in [-0.25, -0.2) is 0 Å². The number of rotatable bonds is 8. The van der Waals surface area contributed by atoms with E-state index in [1.54, 1.807) is 0 Å². The molecule has 0 radical (unpaired) electrons. The van der Waals surface area contributed by atoms with Crippen molar-refractivity contribution in [3.8, 4) is 5.75 Å². The normalized spacial score (nSPS) is 10.1. The fourth-order valence-electron chi connectivity index (χ4n) is 2.27. The Hall–Kier alpha value is -2.07. The van der Waals surface area contributed by atoms with E-state index < -0.39 is 0 Å². The largest absolute Gasteiger partial charge is 0.494 e. The van der Waals surface area contributed by atoms with Crippen molar-refractivity contribution in [3.05, 3.63) is 65.7 Å². The monoisotopic (exact) mass is 328 g/mol. The molecule has 0 spiro atoms. The van der Waals surface area contributed by atoms with Crippen LogP contribution in [0.25, 0.3) is 0 Å². The first-order valence-corrected chi connectivity index (χ1v) is 8.46. The van der Waals surface area contributed by atoms with Gasteiger partial charge in [-0.15, -0.1) is 0 Å². The molecule has 23 heavy (non-hydrogen) atoms. The Morgan fingerprint density at radius 1 is 0.870 bits per heavy atom. The maximum atomic E-state index is 5.44. The van der Waals surface area contributed by atoms with E-state index >= 15 is 0 Å². The molecule has 0 bridgehead atoms. The first-order chi connectivity index (χ1) is 11.3. The van der Waals surface area contributed by atoms with Gasteiger partial charge in [-0.05, 0) is 55.2 Å². The highest BCUT2D eigenvalue weighted by molar-refractivity contribution is 7.80. The summed E-state index contributed by atoms with van der Waals surface area (Å²) in [6.45, 7) is 4.36. The quantitative estimate of drug-likeness (QED) is 0.728. The summed E-state index contributed by atoms with van der Waals surface area (Å²) in [4.78, 5) is 0. The first-order valence-electron chi connectivity index (χ1n) is 8.05. The van der Waals surface area contributed by atoms with Gasteiger partial charge in [-0.2, -0.15) is 0 Å². The average Bonchev–Trinajstić information content (AvgIpc) is 2.58. The second kappa shape index (κ2) is 9.85. The zero-order valence-corrected chi connectivity index (χ0v) is 14.4. The van der Waals surface area contributed by atoms with Crippen LogP contribution in [0.4, 0.5) is 0 Å². The molecule has 0 aliphatic rings. The Bertz CT molecular complexity index is 584. The topological polar surface area (TPSA) is 33.3 Å². The Balaban J connectivity index is 1.61. The van der Waals surface area contributed by atoms with Crippen LogP contribution in [-0.4, -0.2) is 24.8 Å². The van der Waals surface area contributed by atoms with Gasteiger partial charge < -0.3 is 15.4 Å². The molecule has 0 amide bonds. The lowest BCUT2D eigenvalue weighted by Gasteiger charge is -2.11. The van der Waals surface area contributed by atoms with Gasteiger partial charge in [-0.3, -0.25) is 0 Å². The average molecular weight is 328 g/mol. The van der Waals surface area contributed by atoms with Gasteiger partial charge in [-0.1, -0.05) is 42.5 Å². The van der Waals surface area contributed by atoms with Crippen molar-refractivity contribution in [1.82, 2.24) is 10.6 Å². The predicted octanol–water partition coefficient (Wildman–Crippen LogP) is 3.33. The number of thiocarbonyl (C=S) groups is 1. The van der Waals surface area contributed by atoms with Gasteiger partial charge in [0, 0.05) is 13.1 Å². The third-order valence-electron chi connectivity index (χ3n) is 3.48. The van der Waals surface area contributed by atoms with Crippen LogP contribution in [0.3, 0.4) is 0 Å². The maximum absolute atomic E-state index is 5.44. The van der Waals surface area contributed by atoms with E-state index in [4.69, 9.17) is 17.0 Å². The zero-order valence-electron chi connectivity index (χ0n) is 13.5. The molecule has 0 atom stereocenters. The first kappa shape index (κ1) is 17.3. The van der Waals surface area contributed by atoms with Crippen LogP contribution in [0.15, 0.2) is 54.6 Å². The van der Waals surface area contributed by atoms with Crippen LogP contribution < -0.4 is 15.4 Å². The highest BCUT2D eigenvalue weighted by Crippen LogP contribution is 2.12. The lowest BCUT2D eigenvalue weighted by Crippen LogP contribution is -2.37. The third kappa shape index (κ3) is 6.70. The summed E-state index contributed by atoms with van der Waals surface area (Å²) < 4.78 is 5.44. The molecule has 2 aromatic carbocycles. The van der Waals surface area contributed by atoms with Gasteiger partial charge in [0.05, 0.1) is 6.61 Å². The van der Waals surface area contributed by atoms with E-state index in [0.29, 0.717) is 11.7 Å². The molecule has 2 aromatic rings. The molecule has 0 aliphatic carbocycles. The van der Waals surface area contributed by atoms with Crippen molar-refractivity contribution < 1.29 is 4.74 Å². The van der Waals surface area contributed by atoms with Gasteiger partial charge in [0.1, 0.15) is 5.75 Å². The van der Waals surface area contributed by atoms with E-state index in [0.717, 1.165) is 31.7 Å². The van der Waals surface area contributed by atoms with Crippen molar-refractivity contribution in [2.24, 2.45) is 0 Å². The summed E-state index contributed by atoms with van der Waals surface area (Å²) in [5.41, 5.74) is 2.59. The molecule has 2 rings (SSSR count). The molecule has 0 fully saturated rings. The maximum Gasteiger partial charge on any atom is 0.166 e. The van der Waals surface area contributed by atoms with Crippen LogP contribution in [-0.2, 0) is 12.8 Å². The molecule has 3 nitrogen and oxygen atoms in total. The van der Waals surface area contributed by atoms with Crippen LogP contribution in [0.5, 0.6) is 5.75 Å². The minimum absolute atomic E-state index is 0.698. The number of ether oxygens (including phenoxy) is 1. The predicted molar refractivity (Wildman–Crippen MR) is 100 cm³/mol. The van der Waals surface area contributed by atoms with Crippen LogP contribution in [0.2, 0.25) is 0 Å². The number of benzene rings is 2. The lowest BCUT2D eigenvalue weighted by atomic mass is 10.1. The molecule has 0 aliphatic heterocycles. The molecule has 0 aromatic heterocycles. The molecule has 0 heterocycles. The van der Waals surface area contributed by atoms with Gasteiger partial charge in [0.2, 0.25) is 0 Å². The number of hydrogen-bond acceptors (Lipinski definition) is 2. The van der Waals surface area contributed by atoms with Crippen molar-refractivity contribution in [1.29, 1.82) is 0 Å².